The molecule has 0 saturated carbocycles. The predicted octanol–water partition coefficient (Wildman–Crippen LogP) is 4.07. The van der Waals surface area contributed by atoms with Gasteiger partial charge in [-0.2, -0.15) is 5.10 Å². The van der Waals surface area contributed by atoms with Gasteiger partial charge in [-0.05, 0) is 29.7 Å². The van der Waals surface area contributed by atoms with Crippen molar-refractivity contribution in [1.82, 2.24) is 9.78 Å². The van der Waals surface area contributed by atoms with E-state index in [-0.39, 0.29) is 11.8 Å². The summed E-state index contributed by atoms with van der Waals surface area (Å²) in [7, 11) is 1.65. The molecule has 26 heavy (non-hydrogen) atoms. The largest absolute Gasteiger partial charge is 0.497 e. The highest BCUT2D eigenvalue weighted by Crippen LogP contribution is 2.21. The molecule has 1 N–H and O–H groups in total. The van der Waals surface area contributed by atoms with Crippen LogP contribution in [0.1, 0.15) is 30.4 Å². The number of ether oxygens (including phenoxy) is 1. The zero-order valence-electron chi connectivity index (χ0n) is 15.1. The van der Waals surface area contributed by atoms with Gasteiger partial charge < -0.3 is 10.1 Å². The molecule has 1 unspecified atom stereocenters. The average molecular weight is 349 g/mol. The summed E-state index contributed by atoms with van der Waals surface area (Å²) in [5, 5.41) is 7.31. The lowest BCUT2D eigenvalue weighted by molar-refractivity contribution is -0.117. The molecule has 1 atom stereocenters. The van der Waals surface area contributed by atoms with Crippen molar-refractivity contribution in [1.29, 1.82) is 0 Å². The molecule has 5 nitrogen and oxygen atoms in total. The monoisotopic (exact) mass is 349 g/mol. The van der Waals surface area contributed by atoms with Crippen LogP contribution in [0, 0.1) is 0 Å². The predicted molar refractivity (Wildman–Crippen MR) is 102 cm³/mol. The number of benzene rings is 2. The molecule has 0 saturated heterocycles. The van der Waals surface area contributed by atoms with E-state index < -0.39 is 0 Å². The van der Waals surface area contributed by atoms with E-state index in [1.54, 1.807) is 18.0 Å². The molecule has 0 aliphatic heterocycles. The Bertz CT molecular complexity index is 858. The molecule has 0 spiro atoms. The van der Waals surface area contributed by atoms with Gasteiger partial charge in [0, 0.05) is 6.20 Å². The Morgan fingerprint density at radius 1 is 1.19 bits per heavy atom. The van der Waals surface area contributed by atoms with E-state index in [4.69, 9.17) is 4.74 Å². The van der Waals surface area contributed by atoms with Crippen LogP contribution in [0.4, 0.5) is 5.69 Å². The smallest absolute Gasteiger partial charge is 0.231 e. The zero-order chi connectivity index (χ0) is 18.4. The van der Waals surface area contributed by atoms with Crippen molar-refractivity contribution in [2.45, 2.75) is 25.8 Å². The van der Waals surface area contributed by atoms with Crippen LogP contribution in [0.5, 0.6) is 5.75 Å². The molecule has 0 bridgehead atoms. The second kappa shape index (κ2) is 8.34. The van der Waals surface area contributed by atoms with Crippen molar-refractivity contribution in [3.8, 4) is 5.75 Å². The van der Waals surface area contributed by atoms with Crippen molar-refractivity contribution in [2.24, 2.45) is 0 Å². The topological polar surface area (TPSA) is 56.2 Å². The number of carbonyl (C=O) groups excluding carboxylic acids is 1. The van der Waals surface area contributed by atoms with Gasteiger partial charge in [0.15, 0.2) is 0 Å². The van der Waals surface area contributed by atoms with E-state index in [1.807, 2.05) is 67.7 Å². The second-order valence-electron chi connectivity index (χ2n) is 6.14. The Hall–Kier alpha value is -3.08. The summed E-state index contributed by atoms with van der Waals surface area (Å²) in [6.45, 7) is 2.63. The summed E-state index contributed by atoms with van der Waals surface area (Å²) in [6, 6.07) is 17.7. The molecule has 0 fully saturated rings. The fraction of sp³-hybridized carbons (Fsp3) is 0.238. The lowest BCUT2D eigenvalue weighted by Crippen LogP contribution is -2.20. The maximum absolute atomic E-state index is 12.6. The molecule has 1 heterocycles. The SMILES string of the molecule is CCC(C(=O)Nc1cnn(Cc2cccc(OC)c2)c1)c1ccccc1. The Balaban J connectivity index is 1.66. The first-order valence-corrected chi connectivity index (χ1v) is 8.70. The van der Waals surface area contributed by atoms with Gasteiger partial charge in [0.2, 0.25) is 5.91 Å². The van der Waals surface area contributed by atoms with E-state index in [2.05, 4.69) is 10.4 Å². The van der Waals surface area contributed by atoms with Crippen molar-refractivity contribution < 1.29 is 9.53 Å². The summed E-state index contributed by atoms with van der Waals surface area (Å²) in [6.07, 6.45) is 4.26. The average Bonchev–Trinajstić information content (AvgIpc) is 3.10. The van der Waals surface area contributed by atoms with Gasteiger partial charge in [0.1, 0.15) is 5.75 Å². The van der Waals surface area contributed by atoms with E-state index in [9.17, 15) is 4.79 Å². The van der Waals surface area contributed by atoms with Crippen molar-refractivity contribution >= 4 is 11.6 Å². The lowest BCUT2D eigenvalue weighted by Gasteiger charge is -2.14. The van der Waals surface area contributed by atoms with Crippen LogP contribution in [0.15, 0.2) is 67.0 Å². The third-order valence-electron chi connectivity index (χ3n) is 4.31. The van der Waals surface area contributed by atoms with Crippen LogP contribution in [0.2, 0.25) is 0 Å². The number of amides is 1. The van der Waals surface area contributed by atoms with E-state index >= 15 is 0 Å². The molecule has 3 rings (SSSR count). The number of aromatic nitrogens is 2. The number of hydrogen-bond donors (Lipinski definition) is 1. The summed E-state index contributed by atoms with van der Waals surface area (Å²) >= 11 is 0. The van der Waals surface area contributed by atoms with Gasteiger partial charge in [-0.25, -0.2) is 0 Å². The maximum atomic E-state index is 12.6. The van der Waals surface area contributed by atoms with Crippen molar-refractivity contribution in [2.75, 3.05) is 12.4 Å². The first-order valence-electron chi connectivity index (χ1n) is 8.70. The molecule has 1 aromatic heterocycles. The maximum Gasteiger partial charge on any atom is 0.231 e. The molecule has 0 aliphatic carbocycles. The van der Waals surface area contributed by atoms with Crippen LogP contribution in [-0.4, -0.2) is 22.8 Å². The Labute approximate surface area is 153 Å². The first-order chi connectivity index (χ1) is 12.7. The van der Waals surface area contributed by atoms with Gasteiger partial charge in [-0.3, -0.25) is 9.48 Å². The standard InChI is InChI=1S/C21H23N3O2/c1-3-20(17-9-5-4-6-10-17)21(25)23-18-13-22-24(15-18)14-16-8-7-11-19(12-16)26-2/h4-13,15,20H,3,14H2,1-2H3,(H,23,25). The van der Waals surface area contributed by atoms with E-state index in [0.717, 1.165) is 23.3 Å². The number of methoxy groups -OCH3 is 1. The molecule has 3 aromatic rings. The molecule has 2 aromatic carbocycles. The Kier molecular flexibility index (Phi) is 5.69. The van der Waals surface area contributed by atoms with Crippen LogP contribution in [0.3, 0.4) is 0 Å². The highest BCUT2D eigenvalue weighted by molar-refractivity contribution is 5.95. The fourth-order valence-electron chi connectivity index (χ4n) is 2.96. The van der Waals surface area contributed by atoms with Gasteiger partial charge in [0.25, 0.3) is 0 Å². The number of hydrogen-bond acceptors (Lipinski definition) is 3. The minimum absolute atomic E-state index is 0.0142. The highest BCUT2D eigenvalue weighted by Gasteiger charge is 2.19. The van der Waals surface area contributed by atoms with Crippen molar-refractivity contribution in [3.63, 3.8) is 0 Å². The first kappa shape index (κ1) is 17.7. The number of nitrogens with zero attached hydrogens (tertiary/aromatic N) is 2. The third-order valence-corrected chi connectivity index (χ3v) is 4.31. The quantitative estimate of drug-likeness (QED) is 0.699. The van der Waals surface area contributed by atoms with Crippen molar-refractivity contribution in [3.05, 3.63) is 78.1 Å². The van der Waals surface area contributed by atoms with Gasteiger partial charge in [-0.15, -0.1) is 0 Å². The molecule has 0 aliphatic rings. The molecular formula is C21H23N3O2. The molecule has 134 valence electrons. The molecule has 1 amide bonds. The lowest BCUT2D eigenvalue weighted by atomic mass is 9.96. The number of rotatable bonds is 7. The highest BCUT2D eigenvalue weighted by atomic mass is 16.5. The minimum atomic E-state index is -0.169. The summed E-state index contributed by atoms with van der Waals surface area (Å²) in [5.74, 6) is 0.634. The van der Waals surface area contributed by atoms with Gasteiger partial charge in [-0.1, -0.05) is 49.4 Å². The summed E-state index contributed by atoms with van der Waals surface area (Å²) in [5.41, 5.74) is 2.81. The van der Waals surface area contributed by atoms with E-state index in [0.29, 0.717) is 12.2 Å². The van der Waals surface area contributed by atoms with Crippen LogP contribution < -0.4 is 10.1 Å². The molecule has 0 radical (unpaired) electrons. The third kappa shape index (κ3) is 4.30. The number of anilines is 1. The Morgan fingerprint density at radius 2 is 2.00 bits per heavy atom. The number of carbonyl (C=O) groups is 1. The fourth-order valence-corrected chi connectivity index (χ4v) is 2.96. The summed E-state index contributed by atoms with van der Waals surface area (Å²) < 4.78 is 7.04. The molecule has 5 heteroatoms. The normalized spacial score (nSPS) is 11.8. The second-order valence-corrected chi connectivity index (χ2v) is 6.14. The van der Waals surface area contributed by atoms with Gasteiger partial charge in [0.05, 0.1) is 31.5 Å². The zero-order valence-corrected chi connectivity index (χ0v) is 15.1. The number of nitrogens with one attached hydrogen (secondary N) is 1. The van der Waals surface area contributed by atoms with Crippen LogP contribution in [-0.2, 0) is 11.3 Å². The molecular weight excluding hydrogens is 326 g/mol. The summed E-state index contributed by atoms with van der Waals surface area (Å²) in [4.78, 5) is 12.6. The van der Waals surface area contributed by atoms with Crippen LogP contribution in [0.25, 0.3) is 0 Å². The van der Waals surface area contributed by atoms with Gasteiger partial charge >= 0.3 is 0 Å². The van der Waals surface area contributed by atoms with E-state index in [1.165, 1.54) is 0 Å². The Morgan fingerprint density at radius 3 is 2.73 bits per heavy atom. The minimum Gasteiger partial charge on any atom is -0.497 e. The van der Waals surface area contributed by atoms with Crippen LogP contribution >= 0.6 is 0 Å².